The van der Waals surface area contributed by atoms with Crippen LogP contribution in [0.5, 0.6) is 0 Å². The second-order valence-corrected chi connectivity index (χ2v) is 4.93. The average Bonchev–Trinajstić information content (AvgIpc) is 2.31. The largest absolute Gasteiger partial charge is 0.370 e. The molecule has 2 heteroatoms. The average molecular weight is 242 g/mol. The standard InChI is InChI=1S/C16H22N2/c1-5-7-13-10-14-9-11(3)8-12(4)15(14)18-16(13)17-6-2/h8-10H,5-7H2,1-4H3,(H,17,18). The third kappa shape index (κ3) is 2.47. The molecule has 0 atom stereocenters. The van der Waals surface area contributed by atoms with Gasteiger partial charge in [0.25, 0.3) is 0 Å². The SMILES string of the molecule is CCCc1cc2cc(C)cc(C)c2nc1NCC. The van der Waals surface area contributed by atoms with Crippen molar-refractivity contribution in [2.24, 2.45) is 0 Å². The molecule has 1 N–H and O–H groups in total. The van der Waals surface area contributed by atoms with Gasteiger partial charge in [-0.2, -0.15) is 0 Å². The minimum absolute atomic E-state index is 0.917. The minimum atomic E-state index is 0.917. The van der Waals surface area contributed by atoms with Crippen LogP contribution in [-0.4, -0.2) is 11.5 Å². The van der Waals surface area contributed by atoms with Crippen LogP contribution in [0.25, 0.3) is 10.9 Å². The van der Waals surface area contributed by atoms with Crippen molar-refractivity contribution >= 4 is 16.7 Å². The molecule has 0 aliphatic rings. The monoisotopic (exact) mass is 242 g/mol. The molecule has 0 spiro atoms. The summed E-state index contributed by atoms with van der Waals surface area (Å²) in [6, 6.07) is 6.72. The summed E-state index contributed by atoms with van der Waals surface area (Å²) in [4.78, 5) is 4.81. The van der Waals surface area contributed by atoms with Crippen molar-refractivity contribution in [1.82, 2.24) is 4.98 Å². The number of fused-ring (bicyclic) bond motifs is 1. The van der Waals surface area contributed by atoms with Crippen LogP contribution < -0.4 is 5.32 Å². The zero-order valence-corrected chi connectivity index (χ0v) is 11.8. The Morgan fingerprint density at radius 3 is 2.56 bits per heavy atom. The fourth-order valence-corrected chi connectivity index (χ4v) is 2.48. The summed E-state index contributed by atoms with van der Waals surface area (Å²) in [7, 11) is 0. The van der Waals surface area contributed by atoms with Crippen LogP contribution >= 0.6 is 0 Å². The number of anilines is 1. The molecule has 0 amide bonds. The Hall–Kier alpha value is -1.57. The molecule has 0 bridgehead atoms. The Balaban J connectivity index is 2.63. The molecule has 2 nitrogen and oxygen atoms in total. The first-order valence-corrected chi connectivity index (χ1v) is 6.80. The molecule has 18 heavy (non-hydrogen) atoms. The Morgan fingerprint density at radius 2 is 1.89 bits per heavy atom. The minimum Gasteiger partial charge on any atom is -0.370 e. The van der Waals surface area contributed by atoms with Crippen LogP contribution in [0.15, 0.2) is 18.2 Å². The van der Waals surface area contributed by atoms with E-state index in [1.165, 1.54) is 22.1 Å². The van der Waals surface area contributed by atoms with Gasteiger partial charge in [-0.1, -0.05) is 25.0 Å². The van der Waals surface area contributed by atoms with Crippen molar-refractivity contribution in [3.05, 3.63) is 34.9 Å². The van der Waals surface area contributed by atoms with E-state index >= 15 is 0 Å². The molecule has 0 unspecified atom stereocenters. The Bertz CT molecular complexity index is 559. The molecular formula is C16H22N2. The summed E-state index contributed by atoms with van der Waals surface area (Å²) < 4.78 is 0. The molecule has 0 saturated carbocycles. The van der Waals surface area contributed by atoms with E-state index in [9.17, 15) is 0 Å². The number of aromatic nitrogens is 1. The number of nitrogens with zero attached hydrogens (tertiary/aromatic N) is 1. The second kappa shape index (κ2) is 5.38. The zero-order chi connectivity index (χ0) is 13.1. The first-order chi connectivity index (χ1) is 8.65. The molecular weight excluding hydrogens is 220 g/mol. The van der Waals surface area contributed by atoms with Crippen molar-refractivity contribution < 1.29 is 0 Å². The Kier molecular flexibility index (Phi) is 3.85. The van der Waals surface area contributed by atoms with Crippen LogP contribution in [0.2, 0.25) is 0 Å². The predicted molar refractivity (Wildman–Crippen MR) is 79.4 cm³/mol. The molecule has 1 aromatic carbocycles. The first kappa shape index (κ1) is 12.9. The van der Waals surface area contributed by atoms with Crippen LogP contribution in [0, 0.1) is 13.8 Å². The quantitative estimate of drug-likeness (QED) is 0.867. The van der Waals surface area contributed by atoms with Gasteiger partial charge in [0.2, 0.25) is 0 Å². The summed E-state index contributed by atoms with van der Waals surface area (Å²) in [5, 5.41) is 4.65. The number of rotatable bonds is 4. The van der Waals surface area contributed by atoms with E-state index in [-0.39, 0.29) is 0 Å². The van der Waals surface area contributed by atoms with Crippen LogP contribution in [0.1, 0.15) is 37.0 Å². The number of aryl methyl sites for hydroxylation is 3. The van der Waals surface area contributed by atoms with Crippen LogP contribution in [0.4, 0.5) is 5.82 Å². The number of nitrogens with one attached hydrogen (secondary N) is 1. The third-order valence-electron chi connectivity index (χ3n) is 3.20. The zero-order valence-electron chi connectivity index (χ0n) is 11.8. The topological polar surface area (TPSA) is 24.9 Å². The molecule has 2 rings (SSSR count). The normalized spacial score (nSPS) is 10.9. The number of hydrogen-bond acceptors (Lipinski definition) is 2. The highest BCUT2D eigenvalue weighted by atomic mass is 15.0. The maximum absolute atomic E-state index is 4.81. The number of benzene rings is 1. The highest BCUT2D eigenvalue weighted by molar-refractivity contribution is 5.85. The van der Waals surface area contributed by atoms with Gasteiger partial charge in [0, 0.05) is 11.9 Å². The lowest BCUT2D eigenvalue weighted by Gasteiger charge is -2.12. The molecule has 0 radical (unpaired) electrons. The van der Waals surface area contributed by atoms with Crippen molar-refractivity contribution in [3.8, 4) is 0 Å². The number of pyridine rings is 1. The fraction of sp³-hybridized carbons (Fsp3) is 0.438. The Labute approximate surface area is 109 Å². The van der Waals surface area contributed by atoms with E-state index in [0.717, 1.165) is 30.7 Å². The third-order valence-corrected chi connectivity index (χ3v) is 3.20. The van der Waals surface area contributed by atoms with Gasteiger partial charge in [-0.15, -0.1) is 0 Å². The lowest BCUT2D eigenvalue weighted by atomic mass is 10.0. The first-order valence-electron chi connectivity index (χ1n) is 6.80. The molecule has 1 aromatic heterocycles. The summed E-state index contributed by atoms with van der Waals surface area (Å²) in [6.07, 6.45) is 2.23. The van der Waals surface area contributed by atoms with E-state index in [2.05, 4.69) is 51.2 Å². The molecule has 0 aliphatic carbocycles. The van der Waals surface area contributed by atoms with Crippen LogP contribution in [-0.2, 0) is 6.42 Å². The smallest absolute Gasteiger partial charge is 0.129 e. The van der Waals surface area contributed by atoms with Gasteiger partial charge in [0.05, 0.1) is 5.52 Å². The summed E-state index contributed by atoms with van der Waals surface area (Å²) in [5.74, 6) is 1.05. The van der Waals surface area contributed by atoms with E-state index < -0.39 is 0 Å². The molecule has 0 aliphatic heterocycles. The van der Waals surface area contributed by atoms with E-state index in [4.69, 9.17) is 4.98 Å². The molecule has 1 heterocycles. The maximum atomic E-state index is 4.81. The summed E-state index contributed by atoms with van der Waals surface area (Å²) in [6.45, 7) is 9.52. The van der Waals surface area contributed by atoms with Gasteiger partial charge in [-0.3, -0.25) is 0 Å². The van der Waals surface area contributed by atoms with Gasteiger partial charge in [-0.25, -0.2) is 4.98 Å². The van der Waals surface area contributed by atoms with Gasteiger partial charge < -0.3 is 5.32 Å². The van der Waals surface area contributed by atoms with Crippen molar-refractivity contribution in [2.45, 2.75) is 40.5 Å². The van der Waals surface area contributed by atoms with Crippen molar-refractivity contribution in [1.29, 1.82) is 0 Å². The molecule has 2 aromatic rings. The fourth-order valence-electron chi connectivity index (χ4n) is 2.48. The highest BCUT2D eigenvalue weighted by Crippen LogP contribution is 2.25. The van der Waals surface area contributed by atoms with Gasteiger partial charge in [0.1, 0.15) is 5.82 Å². The highest BCUT2D eigenvalue weighted by Gasteiger charge is 2.08. The van der Waals surface area contributed by atoms with Crippen LogP contribution in [0.3, 0.4) is 0 Å². The van der Waals surface area contributed by atoms with Gasteiger partial charge >= 0.3 is 0 Å². The predicted octanol–water partition coefficient (Wildman–Crippen LogP) is 4.24. The number of hydrogen-bond donors (Lipinski definition) is 1. The Morgan fingerprint density at radius 1 is 1.11 bits per heavy atom. The van der Waals surface area contributed by atoms with Crippen molar-refractivity contribution in [2.75, 3.05) is 11.9 Å². The lowest BCUT2D eigenvalue weighted by Crippen LogP contribution is -2.04. The second-order valence-electron chi connectivity index (χ2n) is 4.93. The van der Waals surface area contributed by atoms with Gasteiger partial charge in [-0.05, 0) is 50.5 Å². The summed E-state index contributed by atoms with van der Waals surface area (Å²) >= 11 is 0. The van der Waals surface area contributed by atoms with E-state index in [1.54, 1.807) is 0 Å². The van der Waals surface area contributed by atoms with E-state index in [0.29, 0.717) is 0 Å². The lowest BCUT2D eigenvalue weighted by molar-refractivity contribution is 0.915. The summed E-state index contributed by atoms with van der Waals surface area (Å²) in [5.41, 5.74) is 5.01. The maximum Gasteiger partial charge on any atom is 0.129 e. The molecule has 0 saturated heterocycles. The molecule has 0 fully saturated rings. The molecule has 96 valence electrons. The van der Waals surface area contributed by atoms with Gasteiger partial charge in [0.15, 0.2) is 0 Å². The van der Waals surface area contributed by atoms with Crippen molar-refractivity contribution in [3.63, 3.8) is 0 Å². The van der Waals surface area contributed by atoms with E-state index in [1.807, 2.05) is 0 Å².